The molecule has 1 atom stereocenters. The number of carbonyl (C=O) groups excluding carboxylic acids is 2. The molecule has 0 spiro atoms. The van der Waals surface area contributed by atoms with E-state index < -0.39 is 17.2 Å². The van der Waals surface area contributed by atoms with Crippen molar-refractivity contribution in [3.63, 3.8) is 0 Å². The molecular weight excluding hydrogens is 282 g/mol. The van der Waals surface area contributed by atoms with Crippen LogP contribution >= 0.6 is 0 Å². The number of nitrogens with zero attached hydrogens (tertiary/aromatic N) is 1. The van der Waals surface area contributed by atoms with Crippen LogP contribution in [-0.4, -0.2) is 37.0 Å². The first-order valence-corrected chi connectivity index (χ1v) is 7.14. The fraction of sp³-hybridized carbons (Fsp3) is 0.529. The number of rotatable bonds is 4. The van der Waals surface area contributed by atoms with Crippen molar-refractivity contribution < 1.29 is 19.1 Å². The van der Waals surface area contributed by atoms with Crippen LogP contribution in [0.5, 0.6) is 5.75 Å². The van der Waals surface area contributed by atoms with E-state index in [0.717, 1.165) is 11.8 Å². The van der Waals surface area contributed by atoms with Crippen LogP contribution in [-0.2, 0) is 15.1 Å². The van der Waals surface area contributed by atoms with Crippen molar-refractivity contribution in [2.24, 2.45) is 0 Å². The van der Waals surface area contributed by atoms with E-state index in [4.69, 9.17) is 9.47 Å². The second-order valence-corrected chi connectivity index (χ2v) is 6.46. The molecule has 1 amide bonds. The van der Waals surface area contributed by atoms with Gasteiger partial charge in [0.15, 0.2) is 0 Å². The number of ether oxygens (including phenoxy) is 2. The maximum Gasteiger partial charge on any atom is 0.411 e. The first kappa shape index (κ1) is 18.0. The molecule has 5 heteroatoms. The second kappa shape index (κ2) is 6.38. The predicted octanol–water partition coefficient (Wildman–Crippen LogP) is 3.28. The molecule has 0 fully saturated rings. The third-order valence-corrected chi connectivity index (χ3v) is 3.55. The number of hydrogen-bond donors (Lipinski definition) is 0. The minimum Gasteiger partial charge on any atom is -0.496 e. The summed E-state index contributed by atoms with van der Waals surface area (Å²) in [5.41, 5.74) is -0.296. The van der Waals surface area contributed by atoms with Crippen LogP contribution in [0.4, 0.5) is 4.79 Å². The van der Waals surface area contributed by atoms with Gasteiger partial charge in [-0.05, 0) is 40.2 Å². The Hall–Kier alpha value is -2.04. The average Bonchev–Trinajstić information content (AvgIpc) is 2.43. The molecule has 0 N–H and O–H groups in total. The molecule has 0 aliphatic carbocycles. The van der Waals surface area contributed by atoms with Gasteiger partial charge in [0.2, 0.25) is 0 Å². The lowest BCUT2D eigenvalue weighted by atomic mass is 9.90. The van der Waals surface area contributed by atoms with Crippen molar-refractivity contribution >= 4 is 12.4 Å². The third kappa shape index (κ3) is 3.59. The molecule has 5 nitrogen and oxygen atoms in total. The summed E-state index contributed by atoms with van der Waals surface area (Å²) < 4.78 is 10.8. The van der Waals surface area contributed by atoms with Crippen LogP contribution in [0.2, 0.25) is 0 Å². The van der Waals surface area contributed by atoms with Gasteiger partial charge >= 0.3 is 6.09 Å². The normalized spacial score (nSPS) is 14.0. The van der Waals surface area contributed by atoms with E-state index in [9.17, 15) is 9.59 Å². The molecular formula is C17H25NO4. The standard InChI is InChI=1S/C17H25NO4/c1-12-9-8-10-13(14(12)21-7)17(5,11-19)18(6)15(20)22-16(2,3)4/h8-11H,1-7H3. The largest absolute Gasteiger partial charge is 0.496 e. The maximum atomic E-state index is 12.3. The Labute approximate surface area is 132 Å². The summed E-state index contributed by atoms with van der Waals surface area (Å²) in [5.74, 6) is 0.590. The zero-order valence-electron chi connectivity index (χ0n) is 14.4. The molecule has 0 saturated carbocycles. The molecule has 0 bridgehead atoms. The van der Waals surface area contributed by atoms with E-state index >= 15 is 0 Å². The van der Waals surface area contributed by atoms with Crippen molar-refractivity contribution in [2.75, 3.05) is 14.2 Å². The van der Waals surface area contributed by atoms with Gasteiger partial charge in [-0.2, -0.15) is 0 Å². The first-order chi connectivity index (χ1) is 10.1. The Morgan fingerprint density at radius 1 is 1.23 bits per heavy atom. The van der Waals surface area contributed by atoms with Crippen molar-refractivity contribution in [1.29, 1.82) is 0 Å². The molecule has 1 unspecified atom stereocenters. The number of benzene rings is 1. The van der Waals surface area contributed by atoms with Gasteiger partial charge in [-0.15, -0.1) is 0 Å². The minimum atomic E-state index is -1.18. The van der Waals surface area contributed by atoms with Gasteiger partial charge in [0, 0.05) is 12.6 Å². The topological polar surface area (TPSA) is 55.8 Å². The van der Waals surface area contributed by atoms with Gasteiger partial charge in [0.1, 0.15) is 23.2 Å². The van der Waals surface area contributed by atoms with Gasteiger partial charge in [-0.25, -0.2) is 4.79 Å². The summed E-state index contributed by atoms with van der Waals surface area (Å²) in [6, 6.07) is 5.50. The molecule has 1 rings (SSSR count). The Morgan fingerprint density at radius 2 is 1.82 bits per heavy atom. The molecule has 1 aromatic rings. The van der Waals surface area contributed by atoms with Crippen LogP contribution < -0.4 is 4.74 Å². The van der Waals surface area contributed by atoms with Gasteiger partial charge < -0.3 is 14.3 Å². The summed E-state index contributed by atoms with van der Waals surface area (Å²) in [4.78, 5) is 25.4. The minimum absolute atomic E-state index is 0.564. The highest BCUT2D eigenvalue weighted by Crippen LogP contribution is 2.35. The number of aryl methyl sites for hydroxylation is 1. The van der Waals surface area contributed by atoms with E-state index in [2.05, 4.69) is 0 Å². The summed E-state index contributed by atoms with van der Waals surface area (Å²) in [6.45, 7) is 8.90. The Bertz CT molecular complexity index is 562. The van der Waals surface area contributed by atoms with Crippen molar-refractivity contribution in [1.82, 2.24) is 4.90 Å². The van der Waals surface area contributed by atoms with Crippen LogP contribution in [0.25, 0.3) is 0 Å². The van der Waals surface area contributed by atoms with Crippen LogP contribution in [0.3, 0.4) is 0 Å². The fourth-order valence-electron chi connectivity index (χ4n) is 2.17. The highest BCUT2D eigenvalue weighted by Gasteiger charge is 2.39. The molecule has 0 aliphatic rings. The number of aldehydes is 1. The molecule has 1 aromatic carbocycles. The van der Waals surface area contributed by atoms with E-state index in [1.807, 2.05) is 19.1 Å². The average molecular weight is 307 g/mol. The number of likely N-dealkylation sites (N-methyl/N-ethyl adjacent to an activating group) is 1. The smallest absolute Gasteiger partial charge is 0.411 e. The first-order valence-electron chi connectivity index (χ1n) is 7.14. The van der Waals surface area contributed by atoms with Crippen LogP contribution in [0, 0.1) is 6.92 Å². The highest BCUT2D eigenvalue weighted by atomic mass is 16.6. The zero-order valence-corrected chi connectivity index (χ0v) is 14.4. The monoisotopic (exact) mass is 307 g/mol. The zero-order chi connectivity index (χ0) is 17.1. The summed E-state index contributed by atoms with van der Waals surface area (Å²) in [5, 5.41) is 0. The lowest BCUT2D eigenvalue weighted by Gasteiger charge is -2.36. The number of methoxy groups -OCH3 is 1. The van der Waals surface area contributed by atoms with Crippen LogP contribution in [0.15, 0.2) is 18.2 Å². The number of amides is 1. The maximum absolute atomic E-state index is 12.3. The molecule has 0 aliphatic heterocycles. The second-order valence-electron chi connectivity index (χ2n) is 6.46. The van der Waals surface area contributed by atoms with E-state index in [1.54, 1.807) is 47.9 Å². The predicted molar refractivity (Wildman–Crippen MR) is 85.1 cm³/mol. The van der Waals surface area contributed by atoms with Gasteiger partial charge in [-0.1, -0.05) is 18.2 Å². The quantitative estimate of drug-likeness (QED) is 0.801. The van der Waals surface area contributed by atoms with Crippen molar-refractivity contribution in [3.8, 4) is 5.75 Å². The number of carbonyl (C=O) groups is 2. The molecule has 0 saturated heterocycles. The van der Waals surface area contributed by atoms with Crippen molar-refractivity contribution in [3.05, 3.63) is 29.3 Å². The number of para-hydroxylation sites is 1. The SMILES string of the molecule is COc1c(C)cccc1C(C)(C=O)N(C)C(=O)OC(C)(C)C. The van der Waals surface area contributed by atoms with Gasteiger partial charge in [-0.3, -0.25) is 4.90 Å². The van der Waals surface area contributed by atoms with E-state index in [-0.39, 0.29) is 0 Å². The van der Waals surface area contributed by atoms with Gasteiger partial charge in [0.05, 0.1) is 7.11 Å². The lowest BCUT2D eigenvalue weighted by Crippen LogP contribution is -2.48. The van der Waals surface area contributed by atoms with E-state index in [1.165, 1.54) is 4.90 Å². The summed E-state index contributed by atoms with van der Waals surface area (Å²) in [6.07, 6.45) is 0.166. The molecule has 0 radical (unpaired) electrons. The Balaban J connectivity index is 3.30. The highest BCUT2D eigenvalue weighted by molar-refractivity contribution is 5.79. The Morgan fingerprint density at radius 3 is 2.27 bits per heavy atom. The van der Waals surface area contributed by atoms with Gasteiger partial charge in [0.25, 0.3) is 0 Å². The molecule has 22 heavy (non-hydrogen) atoms. The molecule has 0 aromatic heterocycles. The fourth-order valence-corrected chi connectivity index (χ4v) is 2.17. The third-order valence-electron chi connectivity index (χ3n) is 3.55. The van der Waals surface area contributed by atoms with Crippen molar-refractivity contribution in [2.45, 2.75) is 45.8 Å². The lowest BCUT2D eigenvalue weighted by molar-refractivity contribution is -0.117. The number of hydrogen-bond acceptors (Lipinski definition) is 4. The van der Waals surface area contributed by atoms with E-state index in [0.29, 0.717) is 11.3 Å². The summed E-state index contributed by atoms with van der Waals surface area (Å²) in [7, 11) is 3.09. The van der Waals surface area contributed by atoms with Crippen LogP contribution in [0.1, 0.15) is 38.8 Å². The Kier molecular flexibility index (Phi) is 5.22. The summed E-state index contributed by atoms with van der Waals surface area (Å²) >= 11 is 0. The molecule has 122 valence electrons. The molecule has 0 heterocycles.